The summed E-state index contributed by atoms with van der Waals surface area (Å²) in [4.78, 5) is 14.2. The Balaban J connectivity index is 2.06. The Kier molecular flexibility index (Phi) is 2.44. The van der Waals surface area contributed by atoms with Gasteiger partial charge in [0.1, 0.15) is 17.8 Å². The summed E-state index contributed by atoms with van der Waals surface area (Å²) >= 11 is 0. The van der Waals surface area contributed by atoms with Gasteiger partial charge in [-0.3, -0.25) is 0 Å². The molecule has 2 aromatic heterocycles. The van der Waals surface area contributed by atoms with Gasteiger partial charge in [-0.25, -0.2) is 4.98 Å². The van der Waals surface area contributed by atoms with Crippen LogP contribution in [0, 0.1) is 0 Å². The lowest BCUT2D eigenvalue weighted by atomic mass is 10.3. The van der Waals surface area contributed by atoms with Crippen molar-refractivity contribution in [1.29, 1.82) is 0 Å². The quantitative estimate of drug-likeness (QED) is 0.689. The standard InChI is InChI=1S/C10H9NO3/c12-4-3-9-7-11-10(14-9)6-8-2-1-5-13-8/h1-2,4-5,7H,3,6H2. The molecule has 0 aliphatic carbocycles. The number of hydrogen-bond donors (Lipinski definition) is 0. The first-order valence-corrected chi connectivity index (χ1v) is 4.28. The molecule has 0 spiro atoms. The van der Waals surface area contributed by atoms with Crippen LogP contribution < -0.4 is 0 Å². The number of oxazole rings is 1. The van der Waals surface area contributed by atoms with Crippen LogP contribution in [-0.2, 0) is 17.6 Å². The Hall–Kier alpha value is -1.84. The lowest BCUT2D eigenvalue weighted by molar-refractivity contribution is -0.107. The molecule has 0 aromatic carbocycles. The lowest BCUT2D eigenvalue weighted by Crippen LogP contribution is -1.84. The molecule has 0 saturated carbocycles. The molecule has 0 saturated heterocycles. The van der Waals surface area contributed by atoms with E-state index in [0.29, 0.717) is 18.1 Å². The molecule has 0 atom stereocenters. The van der Waals surface area contributed by atoms with Crippen LogP contribution in [0.5, 0.6) is 0 Å². The van der Waals surface area contributed by atoms with E-state index in [1.165, 1.54) is 0 Å². The number of hydrogen-bond acceptors (Lipinski definition) is 4. The van der Waals surface area contributed by atoms with Crippen LogP contribution in [0.25, 0.3) is 0 Å². The fraction of sp³-hybridized carbons (Fsp3) is 0.200. The van der Waals surface area contributed by atoms with Crippen molar-refractivity contribution in [2.24, 2.45) is 0 Å². The van der Waals surface area contributed by atoms with Crippen molar-refractivity contribution in [3.8, 4) is 0 Å². The van der Waals surface area contributed by atoms with Crippen LogP contribution in [0.2, 0.25) is 0 Å². The van der Waals surface area contributed by atoms with Crippen molar-refractivity contribution >= 4 is 6.29 Å². The summed E-state index contributed by atoms with van der Waals surface area (Å²) in [5.41, 5.74) is 0. The molecule has 0 fully saturated rings. The van der Waals surface area contributed by atoms with Gasteiger partial charge in [0.15, 0.2) is 0 Å². The largest absolute Gasteiger partial charge is 0.469 e. The second-order valence-corrected chi connectivity index (χ2v) is 2.85. The van der Waals surface area contributed by atoms with E-state index in [1.807, 2.05) is 12.1 Å². The monoisotopic (exact) mass is 191 g/mol. The first kappa shape index (κ1) is 8.74. The van der Waals surface area contributed by atoms with E-state index in [9.17, 15) is 4.79 Å². The van der Waals surface area contributed by atoms with Crippen molar-refractivity contribution in [3.63, 3.8) is 0 Å². The molecule has 4 nitrogen and oxygen atoms in total. The molecule has 0 unspecified atom stereocenters. The van der Waals surface area contributed by atoms with Crippen LogP contribution >= 0.6 is 0 Å². The second kappa shape index (κ2) is 3.91. The van der Waals surface area contributed by atoms with Crippen LogP contribution in [-0.4, -0.2) is 11.3 Å². The summed E-state index contributed by atoms with van der Waals surface area (Å²) in [6.07, 6.45) is 4.74. The van der Waals surface area contributed by atoms with Gasteiger partial charge in [-0.1, -0.05) is 0 Å². The van der Waals surface area contributed by atoms with Gasteiger partial charge < -0.3 is 13.6 Å². The molecule has 2 heterocycles. The topological polar surface area (TPSA) is 56.2 Å². The molecule has 0 N–H and O–H groups in total. The van der Waals surface area contributed by atoms with Gasteiger partial charge in [-0.2, -0.15) is 0 Å². The molecule has 0 radical (unpaired) electrons. The number of carbonyl (C=O) groups excluding carboxylic acids is 1. The number of aldehydes is 1. The summed E-state index contributed by atoms with van der Waals surface area (Å²) in [5.74, 6) is 1.95. The van der Waals surface area contributed by atoms with E-state index in [0.717, 1.165) is 12.0 Å². The summed E-state index contributed by atoms with van der Waals surface area (Å²) in [6, 6.07) is 3.66. The van der Waals surface area contributed by atoms with E-state index in [2.05, 4.69) is 4.98 Å². The molecule has 0 bridgehead atoms. The third-order valence-corrected chi connectivity index (χ3v) is 1.79. The van der Waals surface area contributed by atoms with Gasteiger partial charge in [-0.05, 0) is 12.1 Å². The Morgan fingerprint density at radius 1 is 1.43 bits per heavy atom. The van der Waals surface area contributed by atoms with Crippen molar-refractivity contribution in [3.05, 3.63) is 42.0 Å². The van der Waals surface area contributed by atoms with Gasteiger partial charge in [0, 0.05) is 0 Å². The highest BCUT2D eigenvalue weighted by Crippen LogP contribution is 2.10. The molecule has 2 rings (SSSR count). The SMILES string of the molecule is O=CCc1cnc(Cc2ccco2)o1. The van der Waals surface area contributed by atoms with Crippen LogP contribution in [0.3, 0.4) is 0 Å². The smallest absolute Gasteiger partial charge is 0.201 e. The summed E-state index contributed by atoms with van der Waals surface area (Å²) in [7, 11) is 0. The van der Waals surface area contributed by atoms with Crippen LogP contribution in [0.1, 0.15) is 17.4 Å². The summed E-state index contributed by atoms with van der Waals surface area (Å²) in [6.45, 7) is 0. The van der Waals surface area contributed by atoms with Gasteiger partial charge >= 0.3 is 0 Å². The molecule has 0 amide bonds. The zero-order valence-electron chi connectivity index (χ0n) is 7.47. The highest BCUT2D eigenvalue weighted by Gasteiger charge is 2.05. The van der Waals surface area contributed by atoms with E-state index in [-0.39, 0.29) is 6.42 Å². The first-order chi connectivity index (χ1) is 6.88. The van der Waals surface area contributed by atoms with Crippen molar-refractivity contribution in [1.82, 2.24) is 4.98 Å². The highest BCUT2D eigenvalue weighted by molar-refractivity contribution is 5.52. The van der Waals surface area contributed by atoms with Gasteiger partial charge in [0.25, 0.3) is 0 Å². The fourth-order valence-electron chi connectivity index (χ4n) is 1.17. The Labute approximate surface area is 80.6 Å². The average molecular weight is 191 g/mol. The minimum Gasteiger partial charge on any atom is -0.469 e. The second-order valence-electron chi connectivity index (χ2n) is 2.85. The zero-order chi connectivity index (χ0) is 9.80. The van der Waals surface area contributed by atoms with E-state index < -0.39 is 0 Å². The van der Waals surface area contributed by atoms with E-state index in [1.54, 1.807) is 12.5 Å². The zero-order valence-corrected chi connectivity index (χ0v) is 7.47. The number of nitrogens with zero attached hydrogens (tertiary/aromatic N) is 1. The van der Waals surface area contributed by atoms with Gasteiger partial charge in [0.2, 0.25) is 5.89 Å². The van der Waals surface area contributed by atoms with Gasteiger partial charge in [0.05, 0.1) is 25.3 Å². The Bertz CT molecular complexity index is 403. The Morgan fingerprint density at radius 3 is 3.07 bits per heavy atom. The molecular formula is C10H9NO3. The molecule has 72 valence electrons. The molecule has 14 heavy (non-hydrogen) atoms. The number of rotatable bonds is 4. The third-order valence-electron chi connectivity index (χ3n) is 1.79. The van der Waals surface area contributed by atoms with Crippen LogP contribution in [0.4, 0.5) is 0 Å². The predicted octanol–water partition coefficient (Wildman–Crippen LogP) is 1.60. The highest BCUT2D eigenvalue weighted by atomic mass is 16.4. The first-order valence-electron chi connectivity index (χ1n) is 4.28. The maximum atomic E-state index is 10.2. The Morgan fingerprint density at radius 2 is 2.36 bits per heavy atom. The van der Waals surface area contributed by atoms with Crippen LogP contribution in [0.15, 0.2) is 33.4 Å². The molecule has 2 aromatic rings. The number of carbonyl (C=O) groups is 1. The molecule has 4 heteroatoms. The third kappa shape index (κ3) is 1.90. The minimum absolute atomic E-state index is 0.269. The van der Waals surface area contributed by atoms with E-state index in [4.69, 9.17) is 8.83 Å². The molecule has 0 aliphatic heterocycles. The average Bonchev–Trinajstić information content (AvgIpc) is 2.79. The van der Waals surface area contributed by atoms with Crippen molar-refractivity contribution < 1.29 is 13.6 Å². The van der Waals surface area contributed by atoms with Crippen molar-refractivity contribution in [2.75, 3.05) is 0 Å². The predicted molar refractivity (Wildman–Crippen MR) is 47.8 cm³/mol. The lowest BCUT2D eigenvalue weighted by Gasteiger charge is -1.90. The summed E-state index contributed by atoms with van der Waals surface area (Å²) < 4.78 is 10.4. The number of aromatic nitrogens is 1. The molecule has 0 aliphatic rings. The minimum atomic E-state index is 0.269. The van der Waals surface area contributed by atoms with Crippen molar-refractivity contribution in [2.45, 2.75) is 12.8 Å². The van der Waals surface area contributed by atoms with Gasteiger partial charge in [-0.15, -0.1) is 0 Å². The normalized spacial score (nSPS) is 10.3. The van der Waals surface area contributed by atoms with E-state index >= 15 is 0 Å². The maximum absolute atomic E-state index is 10.2. The number of furan rings is 1. The summed E-state index contributed by atoms with van der Waals surface area (Å²) in [5, 5.41) is 0. The molecular weight excluding hydrogens is 182 g/mol. The fourth-order valence-corrected chi connectivity index (χ4v) is 1.17. The maximum Gasteiger partial charge on any atom is 0.201 e.